The van der Waals surface area contributed by atoms with E-state index in [2.05, 4.69) is 56.0 Å². The molecule has 0 bridgehead atoms. The Morgan fingerprint density at radius 2 is 1.24 bits per heavy atom. The molecule has 0 aliphatic heterocycles. The summed E-state index contributed by atoms with van der Waals surface area (Å²) in [6.45, 7) is 6.46. The van der Waals surface area contributed by atoms with Crippen LogP contribution in [0, 0.1) is 6.92 Å². The molecule has 4 heteroatoms. The minimum absolute atomic E-state index is 0.250. The Hall–Kier alpha value is -3.40. The first-order chi connectivity index (χ1) is 14.1. The van der Waals surface area contributed by atoms with Crippen molar-refractivity contribution in [3.8, 4) is 0 Å². The van der Waals surface area contributed by atoms with Gasteiger partial charge in [0.25, 0.3) is 0 Å². The van der Waals surface area contributed by atoms with Crippen LogP contribution in [0.3, 0.4) is 0 Å². The number of ether oxygens (including phenoxy) is 1. The maximum Gasteiger partial charge on any atom is 0.338 e. The standard InChI is InChI=1S/C9H10O2.C8H10.C7H8.CH3NO/c1-2-11-9(10)8-6-4-3-5-7-8;1-2-8-6-4-3-5-7-8;1-7-5-3-2-4-6-7;2-1-3/h3-7H,2H2,1H3;3-7H,2H2,1H3;2-6H,1H3;1H,(H2,2,3). The molecule has 0 aromatic heterocycles. The van der Waals surface area contributed by atoms with Crippen LogP contribution in [0.2, 0.25) is 0 Å². The van der Waals surface area contributed by atoms with Crippen LogP contribution in [-0.2, 0) is 16.0 Å². The molecule has 0 aliphatic carbocycles. The first-order valence-corrected chi connectivity index (χ1v) is 9.52. The summed E-state index contributed by atoms with van der Waals surface area (Å²) in [5, 5.41) is 0. The summed E-state index contributed by atoms with van der Waals surface area (Å²) in [5.74, 6) is -0.256. The smallest absolute Gasteiger partial charge is 0.338 e. The molecule has 0 saturated heterocycles. The average Bonchev–Trinajstić information content (AvgIpc) is 2.77. The van der Waals surface area contributed by atoms with E-state index in [0.717, 1.165) is 6.42 Å². The van der Waals surface area contributed by atoms with Crippen LogP contribution in [0.25, 0.3) is 0 Å². The van der Waals surface area contributed by atoms with Crippen molar-refractivity contribution in [2.45, 2.75) is 27.2 Å². The Balaban J connectivity index is 0.000000388. The molecule has 29 heavy (non-hydrogen) atoms. The van der Waals surface area contributed by atoms with Crippen LogP contribution in [-0.4, -0.2) is 19.0 Å². The minimum Gasteiger partial charge on any atom is -0.462 e. The average molecular weight is 394 g/mol. The SMILES string of the molecule is CCOC(=O)c1ccccc1.CCc1ccccc1.Cc1ccccc1.NC=O. The second-order valence-corrected chi connectivity index (χ2v) is 5.72. The fraction of sp³-hybridized carbons (Fsp3) is 0.200. The quantitative estimate of drug-likeness (QED) is 0.491. The highest BCUT2D eigenvalue weighted by Gasteiger charge is 2.02. The zero-order valence-corrected chi connectivity index (χ0v) is 17.5. The number of primary amides is 1. The van der Waals surface area contributed by atoms with Crippen molar-refractivity contribution in [2.24, 2.45) is 5.73 Å². The van der Waals surface area contributed by atoms with Gasteiger partial charge in [-0.15, -0.1) is 0 Å². The first-order valence-electron chi connectivity index (χ1n) is 9.52. The van der Waals surface area contributed by atoms with Crippen molar-refractivity contribution in [1.29, 1.82) is 0 Å². The summed E-state index contributed by atoms with van der Waals surface area (Å²) in [4.78, 5) is 19.6. The van der Waals surface area contributed by atoms with Gasteiger partial charge in [0.1, 0.15) is 0 Å². The Kier molecular flexibility index (Phi) is 15.9. The van der Waals surface area contributed by atoms with E-state index >= 15 is 0 Å². The predicted octanol–water partition coefficient (Wildman–Crippen LogP) is 5.21. The Bertz CT molecular complexity index is 760. The van der Waals surface area contributed by atoms with Gasteiger partial charge in [0, 0.05) is 0 Å². The number of hydrogen-bond acceptors (Lipinski definition) is 3. The lowest BCUT2D eigenvalue weighted by molar-refractivity contribution is -0.106. The van der Waals surface area contributed by atoms with Crippen molar-refractivity contribution in [2.75, 3.05) is 6.61 Å². The van der Waals surface area contributed by atoms with Gasteiger partial charge < -0.3 is 10.5 Å². The van der Waals surface area contributed by atoms with E-state index in [1.54, 1.807) is 19.1 Å². The fourth-order valence-corrected chi connectivity index (χ4v) is 2.04. The van der Waals surface area contributed by atoms with Crippen LogP contribution < -0.4 is 5.73 Å². The predicted molar refractivity (Wildman–Crippen MR) is 120 cm³/mol. The van der Waals surface area contributed by atoms with Gasteiger partial charge in [-0.1, -0.05) is 91.3 Å². The third kappa shape index (κ3) is 14.3. The Morgan fingerprint density at radius 1 is 0.828 bits per heavy atom. The van der Waals surface area contributed by atoms with Gasteiger partial charge in [-0.25, -0.2) is 4.79 Å². The number of nitrogens with two attached hydrogens (primary N) is 1. The van der Waals surface area contributed by atoms with Crippen LogP contribution >= 0.6 is 0 Å². The summed E-state index contributed by atoms with van der Waals surface area (Å²) >= 11 is 0. The highest BCUT2D eigenvalue weighted by molar-refractivity contribution is 5.89. The number of aryl methyl sites for hydroxylation is 2. The molecule has 0 fully saturated rings. The monoisotopic (exact) mass is 393 g/mol. The minimum atomic E-state index is -0.256. The second-order valence-electron chi connectivity index (χ2n) is 5.72. The molecule has 3 aromatic carbocycles. The van der Waals surface area contributed by atoms with E-state index in [1.807, 2.05) is 42.5 Å². The van der Waals surface area contributed by atoms with Crippen molar-refractivity contribution in [3.05, 3.63) is 108 Å². The van der Waals surface area contributed by atoms with E-state index in [4.69, 9.17) is 9.53 Å². The molecular weight excluding hydrogens is 362 g/mol. The molecule has 3 aromatic rings. The van der Waals surface area contributed by atoms with E-state index < -0.39 is 0 Å². The van der Waals surface area contributed by atoms with Gasteiger partial charge in [-0.3, -0.25) is 4.79 Å². The third-order valence-electron chi connectivity index (χ3n) is 3.48. The molecular formula is C25H31NO3. The first kappa shape index (κ1) is 25.6. The molecule has 154 valence electrons. The molecule has 2 N–H and O–H groups in total. The van der Waals surface area contributed by atoms with E-state index in [0.29, 0.717) is 12.2 Å². The normalized spacial score (nSPS) is 8.52. The summed E-state index contributed by atoms with van der Waals surface area (Å²) in [6.07, 6.45) is 1.39. The molecule has 4 nitrogen and oxygen atoms in total. The fourth-order valence-electron chi connectivity index (χ4n) is 2.04. The van der Waals surface area contributed by atoms with Gasteiger partial charge in [0.2, 0.25) is 6.41 Å². The van der Waals surface area contributed by atoms with Crippen LogP contribution in [0.15, 0.2) is 91.0 Å². The number of hydrogen-bond donors (Lipinski definition) is 1. The van der Waals surface area contributed by atoms with Gasteiger partial charge in [0.05, 0.1) is 12.2 Å². The molecule has 0 radical (unpaired) electrons. The topological polar surface area (TPSA) is 69.4 Å². The molecule has 0 saturated carbocycles. The van der Waals surface area contributed by atoms with Gasteiger partial charge in [0.15, 0.2) is 0 Å². The number of benzene rings is 3. The van der Waals surface area contributed by atoms with Gasteiger partial charge in [-0.05, 0) is 38.0 Å². The molecule has 0 spiro atoms. The summed E-state index contributed by atoms with van der Waals surface area (Å²) in [7, 11) is 0. The second kappa shape index (κ2) is 18.0. The number of carbonyl (C=O) groups excluding carboxylic acids is 2. The zero-order valence-electron chi connectivity index (χ0n) is 17.5. The number of rotatable bonds is 3. The molecule has 0 atom stereocenters. The van der Waals surface area contributed by atoms with Crippen molar-refractivity contribution in [3.63, 3.8) is 0 Å². The molecule has 0 aliphatic rings. The van der Waals surface area contributed by atoms with E-state index in [9.17, 15) is 4.79 Å². The summed E-state index contributed by atoms with van der Waals surface area (Å²) < 4.78 is 4.79. The number of amides is 1. The van der Waals surface area contributed by atoms with Crippen LogP contribution in [0.5, 0.6) is 0 Å². The molecule has 0 unspecified atom stereocenters. The largest absolute Gasteiger partial charge is 0.462 e. The van der Waals surface area contributed by atoms with E-state index in [-0.39, 0.29) is 12.4 Å². The van der Waals surface area contributed by atoms with Crippen LogP contribution in [0.4, 0.5) is 0 Å². The lowest BCUT2D eigenvalue weighted by Gasteiger charge is -1.99. The summed E-state index contributed by atoms with van der Waals surface area (Å²) in [5.41, 5.74) is 7.50. The lowest BCUT2D eigenvalue weighted by atomic mass is 10.2. The highest BCUT2D eigenvalue weighted by atomic mass is 16.5. The maximum atomic E-state index is 11.0. The lowest BCUT2D eigenvalue weighted by Crippen LogP contribution is -2.03. The Labute approximate surface area is 174 Å². The van der Waals surface area contributed by atoms with Crippen molar-refractivity contribution in [1.82, 2.24) is 0 Å². The Morgan fingerprint density at radius 3 is 1.55 bits per heavy atom. The van der Waals surface area contributed by atoms with Crippen molar-refractivity contribution < 1.29 is 14.3 Å². The maximum absolute atomic E-state index is 11.0. The molecule has 1 amide bonds. The number of carbonyl (C=O) groups is 2. The molecule has 0 heterocycles. The van der Waals surface area contributed by atoms with Crippen LogP contribution in [0.1, 0.15) is 35.3 Å². The van der Waals surface area contributed by atoms with Gasteiger partial charge in [-0.2, -0.15) is 0 Å². The highest BCUT2D eigenvalue weighted by Crippen LogP contribution is 2.00. The van der Waals surface area contributed by atoms with Gasteiger partial charge >= 0.3 is 5.97 Å². The third-order valence-corrected chi connectivity index (χ3v) is 3.48. The molecule has 3 rings (SSSR count). The zero-order chi connectivity index (χ0) is 21.7. The van der Waals surface area contributed by atoms with E-state index in [1.165, 1.54) is 11.1 Å². The number of esters is 1. The summed E-state index contributed by atoms with van der Waals surface area (Å²) in [6, 6.07) is 29.7. The van der Waals surface area contributed by atoms with Crippen molar-refractivity contribution >= 4 is 12.4 Å².